The quantitative estimate of drug-likeness (QED) is 0.288. The predicted octanol–water partition coefficient (Wildman–Crippen LogP) is 6.89. The monoisotopic (exact) mass is 489 g/mol. The lowest BCUT2D eigenvalue weighted by Crippen LogP contribution is -2.33. The lowest BCUT2D eigenvalue weighted by atomic mass is 10.2. The molecule has 7 rings (SSSR count). The third-order valence-corrected chi connectivity index (χ3v) is 6.54. The van der Waals surface area contributed by atoms with Crippen molar-refractivity contribution >= 4 is 57.1 Å². The molecule has 2 aromatic heterocycles. The summed E-state index contributed by atoms with van der Waals surface area (Å²) in [5, 5.41) is 14.9. The number of para-hydroxylation sites is 2. The van der Waals surface area contributed by atoms with Crippen LogP contribution >= 0.6 is 11.6 Å². The fraction of sp³-hybridized carbons (Fsp3) is 0.0357. The maximum Gasteiger partial charge on any atom is 0.243 e. The maximum absolute atomic E-state index is 6.14. The molecule has 36 heavy (non-hydrogen) atoms. The van der Waals surface area contributed by atoms with Gasteiger partial charge in [-0.3, -0.25) is 4.57 Å². The minimum atomic E-state index is 0.616. The van der Waals surface area contributed by atoms with Crippen molar-refractivity contribution in [1.29, 1.82) is 0 Å². The Morgan fingerprint density at radius 1 is 0.778 bits per heavy atom. The molecule has 1 aliphatic heterocycles. The second-order valence-corrected chi connectivity index (χ2v) is 9.13. The molecule has 0 amide bonds. The number of aliphatic imine (C=N–C) groups is 1. The Balaban J connectivity index is 1.54. The molecule has 3 heterocycles. The molecule has 0 radical (unpaired) electrons. The summed E-state index contributed by atoms with van der Waals surface area (Å²) in [6, 6.07) is 32.1. The lowest BCUT2D eigenvalue weighted by Gasteiger charge is -2.24. The van der Waals surface area contributed by atoms with Gasteiger partial charge in [-0.05, 0) is 67.6 Å². The summed E-state index contributed by atoms with van der Waals surface area (Å²) in [5.41, 5.74) is 6.47. The fourth-order valence-electron chi connectivity index (χ4n) is 4.56. The number of benzene rings is 4. The first-order chi connectivity index (χ1) is 17.7. The fourth-order valence-corrected chi connectivity index (χ4v) is 4.69. The van der Waals surface area contributed by atoms with Crippen molar-refractivity contribution in [2.75, 3.05) is 10.2 Å². The normalized spacial score (nSPS) is 12.8. The van der Waals surface area contributed by atoms with E-state index in [0.717, 1.165) is 39.3 Å². The van der Waals surface area contributed by atoms with Crippen LogP contribution in [0.4, 0.5) is 23.0 Å². The Bertz CT molecular complexity index is 1780. The summed E-state index contributed by atoms with van der Waals surface area (Å²) in [6.07, 6.45) is 0. The number of nitrogens with zero attached hydrogens (tertiary/aromatic N) is 6. The minimum absolute atomic E-state index is 0.616. The highest BCUT2D eigenvalue weighted by molar-refractivity contribution is 6.30. The SMILES string of the molecule is Cc1ccc(N2C(Nc3ccc(Cl)cc3)=Nc3ccccc3-n3c2nn2nc4ccccc4c32)cc1. The topological polar surface area (TPSA) is 62.8 Å². The number of aromatic nitrogens is 4. The zero-order valence-electron chi connectivity index (χ0n) is 19.3. The summed E-state index contributed by atoms with van der Waals surface area (Å²) in [4.78, 5) is 7.13. The van der Waals surface area contributed by atoms with E-state index in [2.05, 4.69) is 53.2 Å². The number of hydrogen-bond acceptors (Lipinski definition) is 5. The summed E-state index contributed by atoms with van der Waals surface area (Å²) in [5.74, 6) is 1.29. The van der Waals surface area contributed by atoms with Crippen molar-refractivity contribution in [3.63, 3.8) is 0 Å². The molecular formula is C28H20ClN7. The molecule has 6 aromatic rings. The van der Waals surface area contributed by atoms with Gasteiger partial charge in [-0.2, -0.15) is 0 Å². The third-order valence-electron chi connectivity index (χ3n) is 6.29. The first-order valence-electron chi connectivity index (χ1n) is 11.6. The van der Waals surface area contributed by atoms with E-state index in [0.29, 0.717) is 16.9 Å². The molecule has 0 bridgehead atoms. The molecule has 0 unspecified atom stereocenters. The van der Waals surface area contributed by atoms with Gasteiger partial charge in [0.2, 0.25) is 11.9 Å². The molecule has 0 saturated heterocycles. The van der Waals surface area contributed by atoms with Gasteiger partial charge in [0.25, 0.3) is 0 Å². The Morgan fingerprint density at radius 2 is 1.53 bits per heavy atom. The highest BCUT2D eigenvalue weighted by Gasteiger charge is 2.30. The number of fused-ring (bicyclic) bond motifs is 7. The van der Waals surface area contributed by atoms with E-state index in [1.165, 1.54) is 5.56 Å². The van der Waals surface area contributed by atoms with E-state index >= 15 is 0 Å². The van der Waals surface area contributed by atoms with Gasteiger partial charge in [-0.15, -0.1) is 14.8 Å². The van der Waals surface area contributed by atoms with Crippen LogP contribution in [0.5, 0.6) is 0 Å². The lowest BCUT2D eigenvalue weighted by molar-refractivity contribution is 0.833. The average Bonchev–Trinajstić information content (AvgIpc) is 3.39. The molecule has 0 spiro atoms. The zero-order valence-corrected chi connectivity index (χ0v) is 20.1. The largest absolute Gasteiger partial charge is 0.325 e. The van der Waals surface area contributed by atoms with Crippen molar-refractivity contribution < 1.29 is 0 Å². The third kappa shape index (κ3) is 3.25. The highest BCUT2D eigenvalue weighted by Crippen LogP contribution is 2.38. The van der Waals surface area contributed by atoms with E-state index in [1.807, 2.05) is 65.6 Å². The van der Waals surface area contributed by atoms with E-state index in [1.54, 1.807) is 4.63 Å². The minimum Gasteiger partial charge on any atom is -0.325 e. The van der Waals surface area contributed by atoms with Crippen molar-refractivity contribution in [1.82, 2.24) is 19.4 Å². The molecular weight excluding hydrogens is 470 g/mol. The first kappa shape index (κ1) is 20.7. The van der Waals surface area contributed by atoms with Gasteiger partial charge in [0.15, 0.2) is 5.65 Å². The van der Waals surface area contributed by atoms with Crippen LogP contribution in [0.3, 0.4) is 0 Å². The van der Waals surface area contributed by atoms with Gasteiger partial charge in [-0.25, -0.2) is 9.89 Å². The van der Waals surface area contributed by atoms with Crippen LogP contribution in [-0.2, 0) is 0 Å². The van der Waals surface area contributed by atoms with Crippen molar-refractivity contribution in [3.8, 4) is 5.69 Å². The Hall–Kier alpha value is -4.62. The number of halogens is 1. The van der Waals surface area contributed by atoms with Crippen molar-refractivity contribution in [2.45, 2.75) is 6.92 Å². The van der Waals surface area contributed by atoms with Gasteiger partial charge in [0.05, 0.1) is 22.6 Å². The standard InChI is InChI=1S/C28H20ClN7/c1-18-10-16-21(17-11-18)34-27(30-20-14-12-19(29)13-15-20)31-24-8-4-5-9-25(24)35-26-22-6-2-3-7-23(22)32-36(26)33-28(34)35/h2-17H,1H3,(H,30,31). The Kier molecular flexibility index (Phi) is 4.59. The average molecular weight is 490 g/mol. The smallest absolute Gasteiger partial charge is 0.243 e. The zero-order chi connectivity index (χ0) is 24.2. The van der Waals surface area contributed by atoms with E-state index in [4.69, 9.17) is 26.8 Å². The number of nitrogens with one attached hydrogen (secondary N) is 1. The Morgan fingerprint density at radius 3 is 2.36 bits per heavy atom. The number of hydrogen-bond donors (Lipinski definition) is 1. The number of rotatable bonds is 2. The maximum atomic E-state index is 6.14. The number of guanidine groups is 1. The van der Waals surface area contributed by atoms with Crippen LogP contribution in [0.1, 0.15) is 5.56 Å². The highest BCUT2D eigenvalue weighted by atomic mass is 35.5. The molecule has 174 valence electrons. The van der Waals surface area contributed by atoms with Gasteiger partial charge in [0, 0.05) is 16.1 Å². The molecule has 1 aliphatic rings. The molecule has 7 nitrogen and oxygen atoms in total. The van der Waals surface area contributed by atoms with E-state index in [-0.39, 0.29) is 0 Å². The van der Waals surface area contributed by atoms with E-state index in [9.17, 15) is 0 Å². The molecule has 0 atom stereocenters. The van der Waals surface area contributed by atoms with Gasteiger partial charge >= 0.3 is 0 Å². The van der Waals surface area contributed by atoms with Gasteiger partial charge < -0.3 is 5.32 Å². The Labute approximate surface area is 211 Å². The van der Waals surface area contributed by atoms with Crippen LogP contribution in [0.2, 0.25) is 5.02 Å². The van der Waals surface area contributed by atoms with E-state index < -0.39 is 0 Å². The second-order valence-electron chi connectivity index (χ2n) is 8.69. The van der Waals surface area contributed by atoms with Crippen LogP contribution < -0.4 is 10.2 Å². The molecule has 0 saturated carbocycles. The van der Waals surface area contributed by atoms with Crippen molar-refractivity contribution in [2.24, 2.45) is 4.99 Å². The van der Waals surface area contributed by atoms with Crippen LogP contribution in [0.25, 0.3) is 22.2 Å². The molecule has 0 fully saturated rings. The van der Waals surface area contributed by atoms with Gasteiger partial charge in [0.1, 0.15) is 0 Å². The summed E-state index contributed by atoms with van der Waals surface area (Å²) < 4.78 is 3.84. The summed E-state index contributed by atoms with van der Waals surface area (Å²) in [7, 11) is 0. The molecule has 8 heteroatoms. The molecule has 4 aromatic carbocycles. The van der Waals surface area contributed by atoms with Crippen LogP contribution in [-0.4, -0.2) is 25.4 Å². The first-order valence-corrected chi connectivity index (χ1v) is 12.0. The molecule has 0 aliphatic carbocycles. The summed E-state index contributed by atoms with van der Waals surface area (Å²) in [6.45, 7) is 2.07. The van der Waals surface area contributed by atoms with Crippen LogP contribution in [0.15, 0.2) is 102 Å². The van der Waals surface area contributed by atoms with Gasteiger partial charge in [-0.1, -0.05) is 53.6 Å². The summed E-state index contributed by atoms with van der Waals surface area (Å²) >= 11 is 6.14. The van der Waals surface area contributed by atoms with Crippen LogP contribution in [0, 0.1) is 6.92 Å². The number of anilines is 3. The molecule has 1 N–H and O–H groups in total. The van der Waals surface area contributed by atoms with Crippen molar-refractivity contribution in [3.05, 3.63) is 108 Å². The number of aryl methyl sites for hydroxylation is 1. The predicted molar refractivity (Wildman–Crippen MR) is 145 cm³/mol. The second kappa shape index (κ2) is 7.96.